The van der Waals surface area contributed by atoms with Gasteiger partial charge in [0.05, 0.1) is 11.0 Å². The van der Waals surface area contributed by atoms with Crippen molar-refractivity contribution in [2.45, 2.75) is 26.7 Å². The minimum absolute atomic E-state index is 0.216. The van der Waals surface area contributed by atoms with Gasteiger partial charge in [0.25, 0.3) is 5.69 Å². The smallest absolute Gasteiger partial charge is 0.274 e. The van der Waals surface area contributed by atoms with E-state index in [2.05, 4.69) is 19.2 Å². The summed E-state index contributed by atoms with van der Waals surface area (Å²) in [6.07, 6.45) is 2.32. The van der Waals surface area contributed by atoms with Gasteiger partial charge in [0.15, 0.2) is 0 Å². The van der Waals surface area contributed by atoms with Crippen molar-refractivity contribution in [2.24, 2.45) is 11.3 Å². The molecule has 0 radical (unpaired) electrons. The van der Waals surface area contributed by atoms with Crippen LogP contribution in [0.5, 0.6) is 0 Å². The minimum atomic E-state index is -0.582. The zero-order valence-corrected chi connectivity index (χ0v) is 10.6. The van der Waals surface area contributed by atoms with E-state index in [4.69, 9.17) is 0 Å². The molecule has 0 saturated heterocycles. The molecule has 1 fully saturated rings. The SMILES string of the molecule is CC(C)C1(CNc2cc(F)cc([N+](=O)[O-])c2)CC1. The third kappa shape index (κ3) is 2.60. The van der Waals surface area contributed by atoms with Crippen molar-refractivity contribution in [3.05, 3.63) is 34.1 Å². The predicted molar refractivity (Wildman–Crippen MR) is 68.0 cm³/mol. The Bertz CT molecular complexity index is 470. The summed E-state index contributed by atoms with van der Waals surface area (Å²) in [5.74, 6) is -0.0189. The van der Waals surface area contributed by atoms with Crippen molar-refractivity contribution in [3.8, 4) is 0 Å². The maximum absolute atomic E-state index is 13.2. The maximum Gasteiger partial charge on any atom is 0.274 e. The number of non-ortho nitro benzene ring substituents is 1. The van der Waals surface area contributed by atoms with Crippen LogP contribution < -0.4 is 5.32 Å². The number of halogens is 1. The molecule has 18 heavy (non-hydrogen) atoms. The van der Waals surface area contributed by atoms with Gasteiger partial charge in [-0.3, -0.25) is 10.1 Å². The van der Waals surface area contributed by atoms with Crippen molar-refractivity contribution in [3.63, 3.8) is 0 Å². The number of benzene rings is 1. The number of hydrogen-bond donors (Lipinski definition) is 1. The molecule has 1 aromatic carbocycles. The number of nitro groups is 1. The molecule has 98 valence electrons. The van der Waals surface area contributed by atoms with Gasteiger partial charge in [0.2, 0.25) is 0 Å². The number of nitrogens with zero attached hydrogens (tertiary/aromatic N) is 1. The van der Waals surface area contributed by atoms with Crippen LogP contribution in [0.1, 0.15) is 26.7 Å². The fraction of sp³-hybridized carbons (Fsp3) is 0.538. The average molecular weight is 252 g/mol. The number of anilines is 1. The second kappa shape index (κ2) is 4.55. The molecule has 1 N–H and O–H groups in total. The Morgan fingerprint density at radius 2 is 2.11 bits per heavy atom. The summed E-state index contributed by atoms with van der Waals surface area (Å²) in [4.78, 5) is 10.1. The standard InChI is InChI=1S/C13H17FN2O2/c1-9(2)13(3-4-13)8-15-11-5-10(14)6-12(7-11)16(17)18/h5-7,9,15H,3-4,8H2,1-2H3. The van der Waals surface area contributed by atoms with E-state index in [1.54, 1.807) is 0 Å². The van der Waals surface area contributed by atoms with Gasteiger partial charge in [-0.1, -0.05) is 13.8 Å². The molecule has 2 rings (SSSR count). The van der Waals surface area contributed by atoms with Gasteiger partial charge < -0.3 is 5.32 Å². The fourth-order valence-corrected chi connectivity index (χ4v) is 2.18. The molecular weight excluding hydrogens is 235 g/mol. The van der Waals surface area contributed by atoms with Crippen molar-refractivity contribution >= 4 is 11.4 Å². The molecule has 1 saturated carbocycles. The zero-order valence-electron chi connectivity index (χ0n) is 10.6. The molecule has 0 bridgehead atoms. The van der Waals surface area contributed by atoms with Crippen LogP contribution in [0.4, 0.5) is 15.8 Å². The van der Waals surface area contributed by atoms with E-state index in [1.807, 2.05) is 0 Å². The normalized spacial score (nSPS) is 16.7. The Morgan fingerprint density at radius 1 is 1.44 bits per heavy atom. The number of nitrogens with one attached hydrogen (secondary N) is 1. The summed E-state index contributed by atoms with van der Waals surface area (Å²) in [5, 5.41) is 13.8. The second-order valence-corrected chi connectivity index (χ2v) is 5.33. The van der Waals surface area contributed by atoms with Gasteiger partial charge in [-0.2, -0.15) is 0 Å². The van der Waals surface area contributed by atoms with Crippen LogP contribution in [-0.4, -0.2) is 11.5 Å². The van der Waals surface area contributed by atoms with Gasteiger partial charge in [-0.05, 0) is 30.2 Å². The lowest BCUT2D eigenvalue weighted by molar-refractivity contribution is -0.385. The van der Waals surface area contributed by atoms with Crippen molar-refractivity contribution in [1.82, 2.24) is 0 Å². The zero-order chi connectivity index (χ0) is 13.3. The quantitative estimate of drug-likeness (QED) is 0.643. The highest BCUT2D eigenvalue weighted by atomic mass is 19.1. The highest BCUT2D eigenvalue weighted by Gasteiger charge is 2.44. The van der Waals surface area contributed by atoms with E-state index in [1.165, 1.54) is 12.1 Å². The Kier molecular flexibility index (Phi) is 3.24. The molecule has 0 spiro atoms. The van der Waals surface area contributed by atoms with Crippen LogP contribution in [0.2, 0.25) is 0 Å². The predicted octanol–water partition coefficient (Wildman–Crippen LogP) is 3.58. The van der Waals surface area contributed by atoms with Crippen LogP contribution in [0.15, 0.2) is 18.2 Å². The van der Waals surface area contributed by atoms with Crippen LogP contribution in [0, 0.1) is 27.3 Å². The average Bonchev–Trinajstić information content (AvgIpc) is 3.06. The summed E-state index contributed by atoms with van der Waals surface area (Å²) in [5.41, 5.74) is 0.543. The molecule has 4 nitrogen and oxygen atoms in total. The topological polar surface area (TPSA) is 55.2 Å². The van der Waals surface area contributed by atoms with Crippen LogP contribution in [-0.2, 0) is 0 Å². The monoisotopic (exact) mass is 252 g/mol. The highest BCUT2D eigenvalue weighted by Crippen LogP contribution is 2.51. The highest BCUT2D eigenvalue weighted by molar-refractivity contribution is 5.51. The molecule has 1 aliphatic rings. The first-order valence-corrected chi connectivity index (χ1v) is 6.12. The third-order valence-corrected chi connectivity index (χ3v) is 3.85. The van der Waals surface area contributed by atoms with Gasteiger partial charge in [0, 0.05) is 18.3 Å². The van der Waals surface area contributed by atoms with Crippen LogP contribution in [0.3, 0.4) is 0 Å². The molecule has 0 heterocycles. The minimum Gasteiger partial charge on any atom is -0.384 e. The lowest BCUT2D eigenvalue weighted by atomic mass is 9.92. The summed E-state index contributed by atoms with van der Waals surface area (Å²) in [7, 11) is 0. The molecule has 0 aliphatic heterocycles. The maximum atomic E-state index is 13.2. The second-order valence-electron chi connectivity index (χ2n) is 5.33. The van der Waals surface area contributed by atoms with E-state index in [0.717, 1.165) is 25.5 Å². The largest absolute Gasteiger partial charge is 0.384 e. The summed E-state index contributed by atoms with van der Waals surface area (Å²) in [6, 6.07) is 3.60. The number of rotatable bonds is 5. The summed E-state index contributed by atoms with van der Waals surface area (Å²) >= 11 is 0. The van der Waals surface area contributed by atoms with Crippen molar-refractivity contribution < 1.29 is 9.31 Å². The summed E-state index contributed by atoms with van der Waals surface area (Å²) in [6.45, 7) is 5.08. The Balaban J connectivity index is 2.08. The molecule has 0 unspecified atom stereocenters. The number of nitro benzene ring substituents is 1. The molecule has 0 aromatic heterocycles. The van der Waals surface area contributed by atoms with E-state index in [0.29, 0.717) is 11.6 Å². The molecule has 0 atom stereocenters. The first kappa shape index (κ1) is 12.8. The third-order valence-electron chi connectivity index (χ3n) is 3.85. The van der Waals surface area contributed by atoms with E-state index >= 15 is 0 Å². The van der Waals surface area contributed by atoms with E-state index in [9.17, 15) is 14.5 Å². The first-order chi connectivity index (χ1) is 8.43. The Labute approximate surface area is 105 Å². The lowest BCUT2D eigenvalue weighted by Crippen LogP contribution is -2.20. The molecule has 0 amide bonds. The van der Waals surface area contributed by atoms with E-state index < -0.39 is 10.7 Å². The van der Waals surface area contributed by atoms with Gasteiger partial charge in [0.1, 0.15) is 5.82 Å². The van der Waals surface area contributed by atoms with Gasteiger partial charge in [-0.25, -0.2) is 4.39 Å². The fourth-order valence-electron chi connectivity index (χ4n) is 2.18. The molecule has 1 aliphatic carbocycles. The van der Waals surface area contributed by atoms with Gasteiger partial charge >= 0.3 is 0 Å². The molecule has 1 aromatic rings. The van der Waals surface area contributed by atoms with Crippen molar-refractivity contribution in [1.29, 1.82) is 0 Å². The van der Waals surface area contributed by atoms with Crippen molar-refractivity contribution in [2.75, 3.05) is 11.9 Å². The van der Waals surface area contributed by atoms with Crippen LogP contribution >= 0.6 is 0 Å². The summed E-state index contributed by atoms with van der Waals surface area (Å²) < 4.78 is 13.2. The molecular formula is C13H17FN2O2. The Hall–Kier alpha value is -1.65. The lowest BCUT2D eigenvalue weighted by Gasteiger charge is -2.20. The van der Waals surface area contributed by atoms with Crippen LogP contribution in [0.25, 0.3) is 0 Å². The number of hydrogen-bond acceptors (Lipinski definition) is 3. The first-order valence-electron chi connectivity index (χ1n) is 6.12. The van der Waals surface area contributed by atoms with Gasteiger partial charge in [-0.15, -0.1) is 0 Å². The Morgan fingerprint density at radius 3 is 2.61 bits per heavy atom. The molecule has 5 heteroatoms. The van der Waals surface area contributed by atoms with E-state index in [-0.39, 0.29) is 11.1 Å².